The third kappa shape index (κ3) is 3.24. The van der Waals surface area contributed by atoms with Gasteiger partial charge in [-0.3, -0.25) is 4.79 Å². The van der Waals surface area contributed by atoms with Crippen molar-refractivity contribution in [1.82, 2.24) is 14.8 Å². The molecule has 0 atom stereocenters. The van der Waals surface area contributed by atoms with Crippen LogP contribution < -0.4 is 5.32 Å². The Morgan fingerprint density at radius 3 is 2.70 bits per heavy atom. The number of aromatic nitrogens is 3. The maximum absolute atomic E-state index is 13.1. The number of carbonyl (C=O) groups excluding carboxylic acids is 1. The zero-order valence-corrected chi connectivity index (χ0v) is 15.7. The molecule has 2 aromatic heterocycles. The van der Waals surface area contributed by atoms with Crippen molar-refractivity contribution in [3.8, 4) is 5.69 Å². The molecule has 1 aliphatic rings. The number of nitrogens with one attached hydrogen (secondary N) is 2. The molecule has 0 saturated heterocycles. The van der Waals surface area contributed by atoms with E-state index in [1.807, 2.05) is 24.3 Å². The largest absolute Gasteiger partial charge is 0.416 e. The number of hydrogen-bond donors (Lipinski definition) is 2. The van der Waals surface area contributed by atoms with Gasteiger partial charge in [0, 0.05) is 23.0 Å². The number of rotatable bonds is 4. The smallest absolute Gasteiger partial charge is 0.361 e. The first-order chi connectivity index (χ1) is 14.4. The van der Waals surface area contributed by atoms with E-state index in [1.165, 1.54) is 16.9 Å². The van der Waals surface area contributed by atoms with Crippen LogP contribution in [0.3, 0.4) is 0 Å². The van der Waals surface area contributed by atoms with Gasteiger partial charge in [0.2, 0.25) is 0 Å². The third-order valence-corrected chi connectivity index (χ3v) is 5.28. The number of halogens is 3. The number of aromatic amines is 1. The Bertz CT molecular complexity index is 1250. The van der Waals surface area contributed by atoms with Crippen LogP contribution >= 0.6 is 0 Å². The minimum absolute atomic E-state index is 0.103. The second-order valence-electron chi connectivity index (χ2n) is 7.38. The van der Waals surface area contributed by atoms with Crippen molar-refractivity contribution in [2.24, 2.45) is 0 Å². The molecule has 5 nitrogen and oxygen atoms in total. The molecule has 2 N–H and O–H groups in total. The Kier molecular flexibility index (Phi) is 4.16. The first-order valence-corrected chi connectivity index (χ1v) is 9.55. The average Bonchev–Trinajstić information content (AvgIpc) is 3.26. The Morgan fingerprint density at radius 1 is 1.13 bits per heavy atom. The van der Waals surface area contributed by atoms with Gasteiger partial charge in [-0.05, 0) is 49.2 Å². The summed E-state index contributed by atoms with van der Waals surface area (Å²) in [5.41, 5.74) is 2.12. The van der Waals surface area contributed by atoms with Crippen molar-refractivity contribution < 1.29 is 18.0 Å². The van der Waals surface area contributed by atoms with Crippen LogP contribution in [0.25, 0.3) is 16.6 Å². The molecule has 1 fully saturated rings. The first-order valence-electron chi connectivity index (χ1n) is 9.55. The molecule has 2 aromatic carbocycles. The van der Waals surface area contributed by atoms with Crippen LogP contribution in [0.2, 0.25) is 0 Å². The second kappa shape index (κ2) is 6.76. The van der Waals surface area contributed by atoms with Crippen LogP contribution in [0.1, 0.15) is 40.4 Å². The zero-order chi connectivity index (χ0) is 20.9. The molecule has 0 radical (unpaired) electrons. The fraction of sp³-hybridized carbons (Fsp3) is 0.182. The Morgan fingerprint density at radius 2 is 1.93 bits per heavy atom. The average molecular weight is 410 g/mol. The van der Waals surface area contributed by atoms with E-state index in [1.54, 1.807) is 12.3 Å². The number of amides is 1. The van der Waals surface area contributed by atoms with Crippen molar-refractivity contribution in [3.05, 3.63) is 77.7 Å². The predicted octanol–water partition coefficient (Wildman–Crippen LogP) is 5.50. The maximum Gasteiger partial charge on any atom is 0.416 e. The topological polar surface area (TPSA) is 62.7 Å². The fourth-order valence-electron chi connectivity index (χ4n) is 3.69. The minimum atomic E-state index is -4.45. The molecule has 1 aliphatic carbocycles. The van der Waals surface area contributed by atoms with Crippen molar-refractivity contribution in [3.63, 3.8) is 0 Å². The lowest BCUT2D eigenvalue weighted by Gasteiger charge is -2.12. The first kappa shape index (κ1) is 18.5. The molecule has 8 heteroatoms. The van der Waals surface area contributed by atoms with Crippen molar-refractivity contribution >= 4 is 22.5 Å². The Balaban J connectivity index is 1.52. The number of nitrogens with zero attached hydrogens (tertiary/aromatic N) is 2. The van der Waals surface area contributed by atoms with Gasteiger partial charge in [0.1, 0.15) is 0 Å². The minimum Gasteiger partial charge on any atom is -0.361 e. The summed E-state index contributed by atoms with van der Waals surface area (Å²) in [6.07, 6.45) is 0.525. The number of anilines is 1. The van der Waals surface area contributed by atoms with Crippen LogP contribution in [0.15, 0.2) is 60.9 Å². The lowest BCUT2D eigenvalue weighted by Crippen LogP contribution is -2.14. The summed E-state index contributed by atoms with van der Waals surface area (Å²) in [6, 6.07) is 12.4. The van der Waals surface area contributed by atoms with Gasteiger partial charge in [-0.1, -0.05) is 12.1 Å². The molecular formula is C22H17F3N4O. The molecule has 5 rings (SSSR count). The van der Waals surface area contributed by atoms with Gasteiger partial charge >= 0.3 is 6.18 Å². The van der Waals surface area contributed by atoms with Gasteiger partial charge in [-0.2, -0.15) is 18.3 Å². The van der Waals surface area contributed by atoms with E-state index in [4.69, 9.17) is 0 Å². The molecule has 4 aromatic rings. The molecule has 152 valence electrons. The summed E-state index contributed by atoms with van der Waals surface area (Å²) in [5.74, 6) is -0.227. The summed E-state index contributed by atoms with van der Waals surface area (Å²) >= 11 is 0. The highest BCUT2D eigenvalue weighted by Crippen LogP contribution is 2.43. The molecule has 0 unspecified atom stereocenters. The van der Waals surface area contributed by atoms with E-state index < -0.39 is 11.7 Å². The third-order valence-electron chi connectivity index (χ3n) is 5.28. The van der Waals surface area contributed by atoms with Crippen LogP contribution in [-0.4, -0.2) is 20.7 Å². The van der Waals surface area contributed by atoms with E-state index >= 15 is 0 Å². The SMILES string of the molecule is O=C(Nc1cccc2[nH]ccc12)c1cnn(-c2cccc(C(F)(F)F)c2)c1C1CC1. The molecule has 0 spiro atoms. The molecule has 0 bridgehead atoms. The predicted molar refractivity (Wildman–Crippen MR) is 107 cm³/mol. The Hall–Kier alpha value is -3.55. The summed E-state index contributed by atoms with van der Waals surface area (Å²) in [4.78, 5) is 16.1. The van der Waals surface area contributed by atoms with E-state index in [0.29, 0.717) is 22.6 Å². The Labute approximate surface area is 169 Å². The standard InChI is InChI=1S/C22H17F3N4O/c23-22(24,25)14-3-1-4-15(11-14)29-20(13-7-8-13)17(12-27-29)21(30)28-19-6-2-5-18-16(19)9-10-26-18/h1-6,9-13,26H,7-8H2,(H,28,30). The quantitative estimate of drug-likeness (QED) is 0.467. The molecule has 2 heterocycles. The van der Waals surface area contributed by atoms with Gasteiger partial charge in [0.15, 0.2) is 0 Å². The number of alkyl halides is 3. The molecule has 30 heavy (non-hydrogen) atoms. The van der Waals surface area contributed by atoms with Gasteiger partial charge in [-0.15, -0.1) is 0 Å². The monoisotopic (exact) mass is 410 g/mol. The summed E-state index contributed by atoms with van der Waals surface area (Å²) in [5, 5.41) is 8.07. The lowest BCUT2D eigenvalue weighted by molar-refractivity contribution is -0.137. The molecule has 0 aliphatic heterocycles. The van der Waals surface area contributed by atoms with Crippen LogP contribution in [0, 0.1) is 0 Å². The molecule has 1 saturated carbocycles. The summed E-state index contributed by atoms with van der Waals surface area (Å²) in [7, 11) is 0. The number of benzene rings is 2. The second-order valence-corrected chi connectivity index (χ2v) is 7.38. The lowest BCUT2D eigenvalue weighted by atomic mass is 10.1. The van der Waals surface area contributed by atoms with Crippen LogP contribution in [0.4, 0.5) is 18.9 Å². The van der Waals surface area contributed by atoms with Gasteiger partial charge < -0.3 is 10.3 Å². The van der Waals surface area contributed by atoms with Crippen LogP contribution in [-0.2, 0) is 6.18 Å². The molecule has 1 amide bonds. The number of hydrogen-bond acceptors (Lipinski definition) is 2. The van der Waals surface area contributed by atoms with Gasteiger partial charge in [-0.25, -0.2) is 4.68 Å². The highest BCUT2D eigenvalue weighted by molar-refractivity contribution is 6.09. The van der Waals surface area contributed by atoms with E-state index in [-0.39, 0.29) is 11.8 Å². The van der Waals surface area contributed by atoms with E-state index in [9.17, 15) is 18.0 Å². The highest BCUT2D eigenvalue weighted by Gasteiger charge is 2.34. The summed E-state index contributed by atoms with van der Waals surface area (Å²) in [6.45, 7) is 0. The fourth-order valence-corrected chi connectivity index (χ4v) is 3.69. The summed E-state index contributed by atoms with van der Waals surface area (Å²) < 4.78 is 40.9. The highest BCUT2D eigenvalue weighted by atomic mass is 19.4. The van der Waals surface area contributed by atoms with Gasteiger partial charge in [0.05, 0.1) is 34.4 Å². The van der Waals surface area contributed by atoms with Crippen molar-refractivity contribution in [2.45, 2.75) is 24.9 Å². The van der Waals surface area contributed by atoms with Crippen molar-refractivity contribution in [1.29, 1.82) is 0 Å². The van der Waals surface area contributed by atoms with E-state index in [0.717, 1.165) is 35.9 Å². The van der Waals surface area contributed by atoms with Crippen molar-refractivity contribution in [2.75, 3.05) is 5.32 Å². The van der Waals surface area contributed by atoms with Gasteiger partial charge in [0.25, 0.3) is 5.91 Å². The maximum atomic E-state index is 13.1. The zero-order valence-electron chi connectivity index (χ0n) is 15.7. The van der Waals surface area contributed by atoms with Crippen LogP contribution in [0.5, 0.6) is 0 Å². The normalized spacial score (nSPS) is 14.2. The van der Waals surface area contributed by atoms with E-state index in [2.05, 4.69) is 15.4 Å². The number of H-pyrrole nitrogens is 1. The number of fused-ring (bicyclic) bond motifs is 1. The molecular weight excluding hydrogens is 393 g/mol. The number of carbonyl (C=O) groups is 1.